The van der Waals surface area contributed by atoms with E-state index in [1.54, 1.807) is 24.3 Å². The lowest BCUT2D eigenvalue weighted by molar-refractivity contribution is -0.187. The molecule has 3 N–H and O–H groups in total. The van der Waals surface area contributed by atoms with Gasteiger partial charge in [-0.25, -0.2) is 18.9 Å². The third kappa shape index (κ3) is 6.99. The van der Waals surface area contributed by atoms with Crippen molar-refractivity contribution in [2.75, 3.05) is 22.5 Å². The minimum absolute atomic E-state index is 0.00865. The number of urea groups is 1. The number of amides is 6. The van der Waals surface area contributed by atoms with Crippen molar-refractivity contribution in [2.45, 2.75) is 44.1 Å². The maximum Gasteiger partial charge on any atom is 0.418 e. The van der Waals surface area contributed by atoms with Crippen molar-refractivity contribution in [1.82, 2.24) is 9.80 Å². The van der Waals surface area contributed by atoms with Gasteiger partial charge in [-0.1, -0.05) is 30.8 Å². The lowest BCUT2D eigenvalue weighted by Gasteiger charge is -2.31. The molecule has 6 amide bonds. The third-order valence-corrected chi connectivity index (χ3v) is 8.01. The molecule has 1 aliphatic heterocycles. The van der Waals surface area contributed by atoms with Crippen LogP contribution in [0, 0.1) is 5.82 Å². The first-order valence-corrected chi connectivity index (χ1v) is 14.6. The molecule has 3 aromatic carbocycles. The third-order valence-electron chi connectivity index (χ3n) is 8.01. The van der Waals surface area contributed by atoms with Gasteiger partial charge in [0.25, 0.3) is 5.91 Å². The van der Waals surface area contributed by atoms with E-state index in [9.17, 15) is 41.5 Å². The fourth-order valence-electron chi connectivity index (χ4n) is 5.52. The summed E-state index contributed by atoms with van der Waals surface area (Å²) >= 11 is 0. The number of rotatable bonds is 9. The minimum atomic E-state index is -4.83. The van der Waals surface area contributed by atoms with Crippen LogP contribution >= 0.6 is 0 Å². The van der Waals surface area contributed by atoms with Gasteiger partial charge in [0.1, 0.15) is 18.4 Å². The number of hydrogen-bond acceptors (Lipinski definition) is 6. The van der Waals surface area contributed by atoms with Gasteiger partial charge >= 0.3 is 18.3 Å². The number of imide groups is 1. The number of fused-ring (bicyclic) bond motifs is 2. The fraction of sp³-hybridized carbons (Fsp3) is 0.242. The van der Waals surface area contributed by atoms with Crippen molar-refractivity contribution >= 4 is 46.9 Å². The number of ether oxygens (including phenoxy) is 1. The van der Waals surface area contributed by atoms with Crippen molar-refractivity contribution in [2.24, 2.45) is 0 Å². The van der Waals surface area contributed by atoms with Crippen molar-refractivity contribution in [3.63, 3.8) is 0 Å². The number of carbonyl (C=O) groups is 5. The van der Waals surface area contributed by atoms with E-state index in [1.807, 2.05) is 0 Å². The number of aryl methyl sites for hydroxylation is 1. The van der Waals surface area contributed by atoms with Crippen molar-refractivity contribution < 1.29 is 46.3 Å². The number of nitrogens with one attached hydrogen (secondary N) is 3. The zero-order chi connectivity index (χ0) is 34.8. The summed E-state index contributed by atoms with van der Waals surface area (Å²) in [5.41, 5.74) is 0.471. The molecule has 1 aliphatic carbocycles. The second-order valence-corrected chi connectivity index (χ2v) is 11.2. The lowest BCUT2D eigenvalue weighted by atomic mass is 9.94. The molecule has 250 valence electrons. The van der Waals surface area contributed by atoms with Crippen LogP contribution in [0.15, 0.2) is 79.4 Å². The van der Waals surface area contributed by atoms with Crippen LogP contribution in [-0.4, -0.2) is 58.4 Å². The van der Waals surface area contributed by atoms with Crippen LogP contribution in [0.25, 0.3) is 0 Å². The molecule has 1 spiro atoms. The Bertz CT molecular complexity index is 1800. The summed E-state index contributed by atoms with van der Waals surface area (Å²) in [4.78, 5) is 65.0. The maximum atomic E-state index is 13.7. The highest BCUT2D eigenvalue weighted by Gasteiger charge is 2.58. The van der Waals surface area contributed by atoms with E-state index in [4.69, 9.17) is 4.74 Å². The summed E-state index contributed by atoms with van der Waals surface area (Å²) < 4.78 is 60.0. The Hall–Kier alpha value is -5.73. The van der Waals surface area contributed by atoms with Gasteiger partial charge in [0, 0.05) is 35.6 Å². The zero-order valence-electron chi connectivity index (χ0n) is 25.4. The highest BCUT2D eigenvalue weighted by atomic mass is 19.4. The van der Waals surface area contributed by atoms with E-state index in [0.717, 1.165) is 25.1 Å². The number of anilines is 3. The molecule has 1 heterocycles. The van der Waals surface area contributed by atoms with Crippen molar-refractivity contribution in [3.05, 3.63) is 102 Å². The Balaban J connectivity index is 1.28. The molecule has 0 radical (unpaired) electrons. The molecule has 1 saturated heterocycles. The second kappa shape index (κ2) is 13.2. The summed E-state index contributed by atoms with van der Waals surface area (Å²) in [6.45, 7) is 2.60. The molecule has 2 unspecified atom stereocenters. The van der Waals surface area contributed by atoms with Gasteiger partial charge in [0.15, 0.2) is 0 Å². The largest absolute Gasteiger partial charge is 0.427 e. The number of nitrogens with zero attached hydrogens (tertiary/aromatic N) is 2. The molecule has 15 heteroatoms. The molecular weight excluding hydrogens is 638 g/mol. The molecule has 2 atom stereocenters. The van der Waals surface area contributed by atoms with Gasteiger partial charge < -0.3 is 25.6 Å². The van der Waals surface area contributed by atoms with Gasteiger partial charge in [-0.15, -0.1) is 0 Å². The Morgan fingerprint density at radius 1 is 1.00 bits per heavy atom. The SMILES string of the molecule is C=CC(=O)Nc1cccc(NC(=O)Nc2ccc3c(c2)CCC32OC(=O)N(CC(=O)N(Cc3ccc(F)cc3)C(C)C(F)(F)F)C2=O)c1. The molecule has 48 heavy (non-hydrogen) atoms. The second-order valence-electron chi connectivity index (χ2n) is 11.2. The Morgan fingerprint density at radius 2 is 1.65 bits per heavy atom. The van der Waals surface area contributed by atoms with Gasteiger partial charge in [-0.05, 0) is 73.0 Å². The molecular formula is C33H29F4N5O6. The van der Waals surface area contributed by atoms with Crippen LogP contribution in [0.3, 0.4) is 0 Å². The van der Waals surface area contributed by atoms with E-state index in [2.05, 4.69) is 22.5 Å². The molecule has 0 saturated carbocycles. The van der Waals surface area contributed by atoms with Crippen LogP contribution < -0.4 is 16.0 Å². The van der Waals surface area contributed by atoms with Gasteiger partial charge in [0.2, 0.25) is 17.4 Å². The van der Waals surface area contributed by atoms with E-state index in [0.29, 0.717) is 38.0 Å². The highest BCUT2D eigenvalue weighted by Crippen LogP contribution is 2.46. The van der Waals surface area contributed by atoms with E-state index < -0.39 is 66.6 Å². The van der Waals surface area contributed by atoms with Gasteiger partial charge in [0.05, 0.1) is 0 Å². The summed E-state index contributed by atoms with van der Waals surface area (Å²) in [6, 6.07) is 12.6. The summed E-state index contributed by atoms with van der Waals surface area (Å²) in [6.07, 6.45) is -4.65. The predicted octanol–water partition coefficient (Wildman–Crippen LogP) is 5.69. The van der Waals surface area contributed by atoms with Crippen LogP contribution in [0.4, 0.5) is 44.2 Å². The molecule has 2 aliphatic rings. The lowest BCUT2D eigenvalue weighted by Crippen LogP contribution is -2.51. The average Bonchev–Trinajstić information content (AvgIpc) is 3.51. The number of hydrogen-bond donors (Lipinski definition) is 3. The number of alkyl halides is 3. The molecule has 11 nitrogen and oxygen atoms in total. The van der Waals surface area contributed by atoms with Crippen LogP contribution in [0.2, 0.25) is 0 Å². The Morgan fingerprint density at radius 3 is 2.29 bits per heavy atom. The van der Waals surface area contributed by atoms with Crippen molar-refractivity contribution in [1.29, 1.82) is 0 Å². The summed E-state index contributed by atoms with van der Waals surface area (Å²) in [7, 11) is 0. The van der Waals surface area contributed by atoms with E-state index in [-0.39, 0.29) is 18.4 Å². The van der Waals surface area contributed by atoms with Gasteiger partial charge in [-0.3, -0.25) is 14.4 Å². The number of carbonyl (C=O) groups excluding carboxylic acids is 5. The number of benzene rings is 3. The zero-order valence-corrected chi connectivity index (χ0v) is 25.4. The number of halogens is 4. The van der Waals surface area contributed by atoms with Crippen LogP contribution in [-0.2, 0) is 37.7 Å². The molecule has 3 aromatic rings. The van der Waals surface area contributed by atoms with Crippen LogP contribution in [0.5, 0.6) is 0 Å². The first-order valence-electron chi connectivity index (χ1n) is 14.6. The Kier molecular flexibility index (Phi) is 9.23. The first kappa shape index (κ1) is 33.6. The molecule has 5 rings (SSSR count). The molecule has 0 bridgehead atoms. The Labute approximate surface area is 271 Å². The predicted molar refractivity (Wildman–Crippen MR) is 165 cm³/mol. The van der Waals surface area contributed by atoms with E-state index >= 15 is 0 Å². The normalized spacial score (nSPS) is 17.4. The topological polar surface area (TPSA) is 137 Å². The van der Waals surface area contributed by atoms with Gasteiger partial charge in [-0.2, -0.15) is 13.2 Å². The molecule has 0 aromatic heterocycles. The molecule has 1 fully saturated rings. The monoisotopic (exact) mass is 667 g/mol. The minimum Gasteiger partial charge on any atom is -0.427 e. The average molecular weight is 668 g/mol. The highest BCUT2D eigenvalue weighted by molar-refractivity contribution is 6.07. The smallest absolute Gasteiger partial charge is 0.418 e. The first-order chi connectivity index (χ1) is 22.7. The van der Waals surface area contributed by atoms with E-state index in [1.165, 1.54) is 30.3 Å². The standard InChI is InChI=1S/C33H29F4N5O6/c1-3-27(43)38-23-5-4-6-24(16-23)39-30(46)40-25-11-12-26-21(15-25)13-14-32(26)29(45)42(31(47)48-32)18-28(44)41(19(2)33(35,36)37)17-20-7-9-22(34)10-8-20/h3-12,15-16,19H,1,13-14,17-18H2,2H3,(H,38,43)(H2,39,40,46). The van der Waals surface area contributed by atoms with Crippen molar-refractivity contribution in [3.8, 4) is 0 Å². The van der Waals surface area contributed by atoms with Crippen LogP contribution in [0.1, 0.15) is 30.0 Å². The summed E-state index contributed by atoms with van der Waals surface area (Å²) in [5, 5.41) is 7.88. The maximum absolute atomic E-state index is 13.7. The fourth-order valence-corrected chi connectivity index (χ4v) is 5.52. The summed E-state index contributed by atoms with van der Waals surface area (Å²) in [5.74, 6) is -3.10. The quantitative estimate of drug-likeness (QED) is 0.198.